The van der Waals surface area contributed by atoms with E-state index in [1.165, 1.54) is 0 Å². The minimum absolute atomic E-state index is 0.150. The first-order valence-corrected chi connectivity index (χ1v) is 7.83. The van der Waals surface area contributed by atoms with E-state index in [9.17, 15) is 44.5 Å². The Bertz CT molecular complexity index is 664. The molecule has 14 heteroatoms. The van der Waals surface area contributed by atoms with Crippen molar-refractivity contribution in [2.45, 2.75) is 43.6 Å². The smallest absolute Gasteiger partial charge is 0.468 e. The van der Waals surface area contributed by atoms with Gasteiger partial charge in [0.1, 0.15) is 12.2 Å². The summed E-state index contributed by atoms with van der Waals surface area (Å²) in [4.78, 5) is 23.1. The first-order chi connectivity index (χ1) is 11.3. The van der Waals surface area contributed by atoms with E-state index in [0.29, 0.717) is 0 Å². The molecular weight excluding hydrogens is 399 g/mol. The predicted octanol–water partition coefficient (Wildman–Crippen LogP) is 1.47. The van der Waals surface area contributed by atoms with Crippen molar-refractivity contribution in [2.75, 3.05) is 6.61 Å². The molecule has 0 bridgehead atoms. The van der Waals surface area contributed by atoms with Crippen LogP contribution in [0.15, 0.2) is 12.7 Å². The summed E-state index contributed by atoms with van der Waals surface area (Å²) in [6, 6.07) is 0. The van der Waals surface area contributed by atoms with Gasteiger partial charge in [-0.15, -0.1) is 0 Å². The van der Waals surface area contributed by atoms with E-state index in [1.807, 2.05) is 0 Å². The largest absolute Gasteiger partial charge is 0.743 e. The molecule has 0 spiro atoms. The molecule has 0 N–H and O–H groups in total. The Morgan fingerprint density at radius 2 is 1.54 bits per heavy atom. The average Bonchev–Trinajstić information content (AvgIpc) is 2.38. The Balaban J connectivity index is 6.16. The zero-order valence-electron chi connectivity index (χ0n) is 13.6. The van der Waals surface area contributed by atoms with Crippen LogP contribution in [-0.2, 0) is 33.9 Å². The number of alkyl halides is 5. The Hall–Kier alpha value is -1.80. The second kappa shape index (κ2) is 7.44. The summed E-state index contributed by atoms with van der Waals surface area (Å²) in [6.45, 7) is 3.30. The molecule has 1 atom stereocenters. The number of rotatable bonds is 7. The molecule has 8 nitrogen and oxygen atoms in total. The Morgan fingerprint density at radius 1 is 1.08 bits per heavy atom. The third kappa shape index (κ3) is 5.88. The van der Waals surface area contributed by atoms with Gasteiger partial charge in [0.15, 0.2) is 10.1 Å². The van der Waals surface area contributed by atoms with Crippen LogP contribution in [0.25, 0.3) is 0 Å². The van der Waals surface area contributed by atoms with E-state index < -0.39 is 51.5 Å². The van der Waals surface area contributed by atoms with Crippen molar-refractivity contribution >= 4 is 22.1 Å². The molecule has 152 valence electrons. The third-order valence-corrected chi connectivity index (χ3v) is 3.11. The number of ether oxygens (including phenoxy) is 3. The van der Waals surface area contributed by atoms with Crippen molar-refractivity contribution in [3.63, 3.8) is 0 Å². The molecule has 0 saturated carbocycles. The summed E-state index contributed by atoms with van der Waals surface area (Å²) < 4.78 is 109. The number of carbonyl (C=O) groups is 2. The molecule has 0 aromatic rings. The van der Waals surface area contributed by atoms with E-state index in [0.717, 1.165) is 20.8 Å². The van der Waals surface area contributed by atoms with Gasteiger partial charge >= 0.3 is 29.2 Å². The minimum Gasteiger partial charge on any atom is -0.743 e. The van der Waals surface area contributed by atoms with Crippen molar-refractivity contribution in [2.24, 2.45) is 0 Å². The summed E-state index contributed by atoms with van der Waals surface area (Å²) in [5, 5.41) is -5.37. The van der Waals surface area contributed by atoms with Crippen LogP contribution in [0.4, 0.5) is 22.0 Å². The van der Waals surface area contributed by atoms with Gasteiger partial charge < -0.3 is 18.8 Å². The fraction of sp³-hybridized carbons (Fsp3) is 0.667. The highest BCUT2D eigenvalue weighted by Gasteiger charge is 2.69. The molecule has 0 rings (SSSR count). The van der Waals surface area contributed by atoms with Crippen LogP contribution in [0, 0.1) is 0 Å². The molecule has 1 unspecified atom stereocenters. The molecule has 0 saturated heterocycles. The quantitative estimate of drug-likeness (QED) is 0.202. The molecule has 26 heavy (non-hydrogen) atoms. The second-order valence-corrected chi connectivity index (χ2v) is 7.13. The predicted molar refractivity (Wildman–Crippen MR) is 71.5 cm³/mol. The van der Waals surface area contributed by atoms with Gasteiger partial charge in [0.25, 0.3) is 0 Å². The van der Waals surface area contributed by atoms with Gasteiger partial charge in [0.05, 0.1) is 0 Å². The summed E-state index contributed by atoms with van der Waals surface area (Å²) >= 11 is 0. The first kappa shape index (κ1) is 24.2. The summed E-state index contributed by atoms with van der Waals surface area (Å²) in [5.74, 6) is -9.17. The van der Waals surface area contributed by atoms with Gasteiger partial charge in [-0.05, 0) is 20.8 Å². The van der Waals surface area contributed by atoms with E-state index in [1.54, 1.807) is 0 Å². The van der Waals surface area contributed by atoms with Gasteiger partial charge in [-0.3, -0.25) is 0 Å². The maximum atomic E-state index is 13.4. The molecule has 0 heterocycles. The first-order valence-electron chi connectivity index (χ1n) is 6.42. The summed E-state index contributed by atoms with van der Waals surface area (Å²) in [7, 11) is -6.45. The van der Waals surface area contributed by atoms with E-state index in [2.05, 4.69) is 20.8 Å². The van der Waals surface area contributed by atoms with Gasteiger partial charge in [0, 0.05) is 6.08 Å². The molecule has 0 radical (unpaired) electrons. The van der Waals surface area contributed by atoms with Crippen molar-refractivity contribution in [3.05, 3.63) is 12.7 Å². The number of hydrogen-bond donors (Lipinski definition) is 0. The molecule has 0 aromatic carbocycles. The molecular formula is C12H14F5O8S-. The lowest BCUT2D eigenvalue weighted by Crippen LogP contribution is -2.60. The second-order valence-electron chi connectivity index (χ2n) is 5.62. The van der Waals surface area contributed by atoms with Crippen LogP contribution in [0.3, 0.4) is 0 Å². The monoisotopic (exact) mass is 413 g/mol. The zero-order chi connectivity index (χ0) is 21.2. The fourth-order valence-electron chi connectivity index (χ4n) is 1.17. The minimum atomic E-state index is -6.45. The molecule has 0 aliphatic rings. The van der Waals surface area contributed by atoms with Crippen molar-refractivity contribution in [1.82, 2.24) is 0 Å². The summed E-state index contributed by atoms with van der Waals surface area (Å²) in [6.07, 6.45) is -5.84. The van der Waals surface area contributed by atoms with E-state index in [-0.39, 0.29) is 6.08 Å². The Labute approximate surface area is 144 Å². The maximum Gasteiger partial charge on any atom is 0.468 e. The lowest BCUT2D eigenvalue weighted by molar-refractivity contribution is -0.361. The number of esters is 2. The van der Waals surface area contributed by atoms with Gasteiger partial charge in [-0.25, -0.2) is 18.0 Å². The van der Waals surface area contributed by atoms with Crippen LogP contribution in [0.1, 0.15) is 20.8 Å². The SMILES string of the molecule is C=CC(=O)OC(OCC(F)(F)S(=O)(=O)[O-])(C(=O)OC(C)(C)C)C(F)(F)F. The molecule has 0 amide bonds. The normalized spacial score (nSPS) is 15.7. The van der Waals surface area contributed by atoms with Crippen LogP contribution < -0.4 is 0 Å². The number of hydrogen-bond acceptors (Lipinski definition) is 8. The topological polar surface area (TPSA) is 119 Å². The standard InChI is InChI=1S/C12H15F5O8S/c1-5-7(18)24-11(12(15,16)17,8(19)25-9(2,3)4)23-6-10(13,14)26(20,21)22/h5H,1,6H2,2-4H3,(H,20,21,22)/p-1. The van der Waals surface area contributed by atoms with Gasteiger partial charge in [-0.1, -0.05) is 6.58 Å². The van der Waals surface area contributed by atoms with Crippen LogP contribution in [0.2, 0.25) is 0 Å². The van der Waals surface area contributed by atoms with Crippen molar-refractivity contribution in [3.8, 4) is 0 Å². The third-order valence-electron chi connectivity index (χ3n) is 2.26. The zero-order valence-corrected chi connectivity index (χ0v) is 14.4. The van der Waals surface area contributed by atoms with E-state index in [4.69, 9.17) is 0 Å². The van der Waals surface area contributed by atoms with Crippen molar-refractivity contribution < 1.29 is 58.7 Å². The van der Waals surface area contributed by atoms with Gasteiger partial charge in [0.2, 0.25) is 0 Å². The van der Waals surface area contributed by atoms with Crippen LogP contribution in [0.5, 0.6) is 0 Å². The Kier molecular flexibility index (Phi) is 6.93. The number of carbonyl (C=O) groups excluding carboxylic acids is 2. The molecule has 0 aromatic heterocycles. The molecule has 0 aliphatic carbocycles. The number of halogens is 5. The highest BCUT2D eigenvalue weighted by Crippen LogP contribution is 2.39. The van der Waals surface area contributed by atoms with Gasteiger partial charge in [-0.2, -0.15) is 22.0 Å². The summed E-state index contributed by atoms with van der Waals surface area (Å²) in [5.41, 5.74) is -1.62. The lowest BCUT2D eigenvalue weighted by Gasteiger charge is -2.35. The van der Waals surface area contributed by atoms with Crippen LogP contribution >= 0.6 is 0 Å². The highest BCUT2D eigenvalue weighted by molar-refractivity contribution is 7.86. The molecule has 0 aliphatic heterocycles. The van der Waals surface area contributed by atoms with Crippen molar-refractivity contribution in [1.29, 1.82) is 0 Å². The lowest BCUT2D eigenvalue weighted by atomic mass is 10.2. The molecule has 0 fully saturated rings. The van der Waals surface area contributed by atoms with Crippen LogP contribution in [-0.4, -0.2) is 54.3 Å². The van der Waals surface area contributed by atoms with E-state index >= 15 is 0 Å². The Morgan fingerprint density at radius 3 is 1.85 bits per heavy atom. The fourth-order valence-corrected chi connectivity index (χ4v) is 1.38. The average molecular weight is 413 g/mol. The maximum absolute atomic E-state index is 13.4. The highest BCUT2D eigenvalue weighted by atomic mass is 32.2.